The molecule has 1 fully saturated rings. The van der Waals surface area contributed by atoms with Crippen LogP contribution < -0.4 is 5.32 Å². The zero-order valence-electron chi connectivity index (χ0n) is 11.3. The van der Waals surface area contributed by atoms with Crippen LogP contribution in [0.2, 0.25) is 0 Å². The molecule has 0 spiro atoms. The Kier molecular flexibility index (Phi) is 4.69. The van der Waals surface area contributed by atoms with Gasteiger partial charge in [-0.3, -0.25) is 4.98 Å². The molecule has 0 aliphatic heterocycles. The minimum atomic E-state index is -0.923. The Morgan fingerprint density at radius 3 is 2.68 bits per heavy atom. The first kappa shape index (κ1) is 14.2. The standard InChI is InChI=1S/C14H20N2O2S/c1-9-7-13(12(8-15-9)14(17)18)16-10-3-5-11(19-2)6-4-10/h7-8,10-11H,3-6H2,1-2H3,(H,15,16)(H,17,18). The fourth-order valence-corrected chi connectivity index (χ4v) is 3.26. The molecule has 0 bridgehead atoms. The normalized spacial score (nSPS) is 23.1. The molecule has 1 aromatic heterocycles. The van der Waals surface area contributed by atoms with E-state index in [1.165, 1.54) is 19.0 Å². The Hall–Kier alpha value is -1.23. The smallest absolute Gasteiger partial charge is 0.339 e. The van der Waals surface area contributed by atoms with Crippen LogP contribution in [-0.4, -0.2) is 33.6 Å². The van der Waals surface area contributed by atoms with Gasteiger partial charge in [-0.1, -0.05) is 0 Å². The highest BCUT2D eigenvalue weighted by molar-refractivity contribution is 7.99. The number of carboxylic acids is 1. The number of aryl methyl sites for hydroxylation is 1. The van der Waals surface area contributed by atoms with Crippen LogP contribution >= 0.6 is 11.8 Å². The SMILES string of the molecule is CSC1CCC(Nc2cc(C)ncc2C(=O)O)CC1. The summed E-state index contributed by atoms with van der Waals surface area (Å²) in [4.78, 5) is 15.2. The van der Waals surface area contributed by atoms with Crippen LogP contribution in [-0.2, 0) is 0 Å². The molecule has 104 valence electrons. The summed E-state index contributed by atoms with van der Waals surface area (Å²) in [5, 5.41) is 13.3. The number of aromatic carboxylic acids is 1. The second kappa shape index (κ2) is 6.28. The quantitative estimate of drug-likeness (QED) is 0.887. The molecular formula is C14H20N2O2S. The van der Waals surface area contributed by atoms with Gasteiger partial charge in [0, 0.05) is 23.2 Å². The van der Waals surface area contributed by atoms with Crippen molar-refractivity contribution in [1.29, 1.82) is 0 Å². The van der Waals surface area contributed by atoms with Gasteiger partial charge in [-0.25, -0.2) is 4.79 Å². The Labute approximate surface area is 118 Å². The van der Waals surface area contributed by atoms with Crippen LogP contribution in [0.5, 0.6) is 0 Å². The number of nitrogens with zero attached hydrogens (tertiary/aromatic N) is 1. The van der Waals surface area contributed by atoms with E-state index in [0.29, 0.717) is 11.7 Å². The van der Waals surface area contributed by atoms with Crippen molar-refractivity contribution >= 4 is 23.4 Å². The molecular weight excluding hydrogens is 260 g/mol. The Morgan fingerprint density at radius 1 is 1.42 bits per heavy atom. The summed E-state index contributed by atoms with van der Waals surface area (Å²) in [6.07, 6.45) is 8.20. The highest BCUT2D eigenvalue weighted by atomic mass is 32.2. The molecule has 0 amide bonds. The van der Waals surface area contributed by atoms with Gasteiger partial charge in [0.05, 0.1) is 5.69 Å². The first-order valence-corrected chi connectivity index (χ1v) is 7.88. The Balaban J connectivity index is 2.06. The summed E-state index contributed by atoms with van der Waals surface area (Å²) < 4.78 is 0. The summed E-state index contributed by atoms with van der Waals surface area (Å²) in [6, 6.07) is 2.20. The fraction of sp³-hybridized carbons (Fsp3) is 0.571. The van der Waals surface area contributed by atoms with Gasteiger partial charge in [0.2, 0.25) is 0 Å². The largest absolute Gasteiger partial charge is 0.478 e. The molecule has 1 aromatic rings. The van der Waals surface area contributed by atoms with Crippen LogP contribution in [0, 0.1) is 6.92 Å². The van der Waals surface area contributed by atoms with Gasteiger partial charge in [0.1, 0.15) is 5.56 Å². The third-order valence-corrected chi connectivity index (χ3v) is 4.78. The van der Waals surface area contributed by atoms with Crippen molar-refractivity contribution in [3.05, 3.63) is 23.5 Å². The first-order chi connectivity index (χ1) is 9.10. The maximum atomic E-state index is 11.2. The molecule has 5 heteroatoms. The Bertz CT molecular complexity index is 457. The predicted molar refractivity (Wildman–Crippen MR) is 79.1 cm³/mol. The van der Waals surface area contributed by atoms with Crippen molar-refractivity contribution in [2.45, 2.75) is 43.9 Å². The zero-order chi connectivity index (χ0) is 13.8. The van der Waals surface area contributed by atoms with Crippen molar-refractivity contribution < 1.29 is 9.90 Å². The molecule has 0 aromatic carbocycles. The number of pyridine rings is 1. The van der Waals surface area contributed by atoms with Gasteiger partial charge in [-0.15, -0.1) is 0 Å². The molecule has 2 rings (SSSR count). The lowest BCUT2D eigenvalue weighted by Crippen LogP contribution is -2.27. The van der Waals surface area contributed by atoms with Crippen molar-refractivity contribution in [2.75, 3.05) is 11.6 Å². The third-order valence-electron chi connectivity index (χ3n) is 3.64. The van der Waals surface area contributed by atoms with E-state index in [4.69, 9.17) is 0 Å². The van der Waals surface area contributed by atoms with E-state index in [1.807, 2.05) is 24.8 Å². The van der Waals surface area contributed by atoms with Gasteiger partial charge in [-0.05, 0) is 44.9 Å². The minimum absolute atomic E-state index is 0.262. The number of nitrogens with one attached hydrogen (secondary N) is 1. The van der Waals surface area contributed by atoms with Crippen LogP contribution in [0.3, 0.4) is 0 Å². The van der Waals surface area contributed by atoms with Crippen molar-refractivity contribution in [1.82, 2.24) is 4.98 Å². The number of carbonyl (C=O) groups is 1. The van der Waals surface area contributed by atoms with Gasteiger partial charge >= 0.3 is 5.97 Å². The average molecular weight is 280 g/mol. The fourth-order valence-electron chi connectivity index (χ4n) is 2.51. The number of anilines is 1. The number of aromatic nitrogens is 1. The minimum Gasteiger partial charge on any atom is -0.478 e. The monoisotopic (exact) mass is 280 g/mol. The Morgan fingerprint density at radius 2 is 2.11 bits per heavy atom. The molecule has 4 nitrogen and oxygen atoms in total. The second-order valence-electron chi connectivity index (χ2n) is 5.03. The first-order valence-electron chi connectivity index (χ1n) is 6.59. The van der Waals surface area contributed by atoms with E-state index in [0.717, 1.165) is 23.8 Å². The van der Waals surface area contributed by atoms with Crippen LogP contribution in [0.1, 0.15) is 41.7 Å². The second-order valence-corrected chi connectivity index (χ2v) is 6.17. The number of rotatable bonds is 4. The lowest BCUT2D eigenvalue weighted by molar-refractivity contribution is 0.0697. The van der Waals surface area contributed by atoms with Gasteiger partial charge in [-0.2, -0.15) is 11.8 Å². The molecule has 0 radical (unpaired) electrons. The predicted octanol–water partition coefficient (Wildman–Crippen LogP) is 3.17. The summed E-state index contributed by atoms with van der Waals surface area (Å²) in [5.41, 5.74) is 1.80. The number of hydrogen-bond acceptors (Lipinski definition) is 4. The highest BCUT2D eigenvalue weighted by Gasteiger charge is 2.22. The summed E-state index contributed by atoms with van der Waals surface area (Å²) in [7, 11) is 0. The number of hydrogen-bond donors (Lipinski definition) is 2. The topological polar surface area (TPSA) is 62.2 Å². The molecule has 0 saturated heterocycles. The van der Waals surface area contributed by atoms with E-state index in [2.05, 4.69) is 16.6 Å². The molecule has 0 atom stereocenters. The van der Waals surface area contributed by atoms with Gasteiger partial charge in [0.15, 0.2) is 0 Å². The van der Waals surface area contributed by atoms with E-state index in [-0.39, 0.29) is 5.56 Å². The van der Waals surface area contributed by atoms with Crippen LogP contribution in [0.25, 0.3) is 0 Å². The molecule has 0 unspecified atom stereocenters. The third kappa shape index (κ3) is 3.62. The van der Waals surface area contributed by atoms with Gasteiger partial charge in [0.25, 0.3) is 0 Å². The highest BCUT2D eigenvalue weighted by Crippen LogP contribution is 2.29. The van der Waals surface area contributed by atoms with Gasteiger partial charge < -0.3 is 10.4 Å². The summed E-state index contributed by atoms with van der Waals surface area (Å²) >= 11 is 1.93. The average Bonchev–Trinajstić information content (AvgIpc) is 2.39. The zero-order valence-corrected chi connectivity index (χ0v) is 12.2. The lowest BCUT2D eigenvalue weighted by Gasteiger charge is -2.29. The summed E-state index contributed by atoms with van der Waals surface area (Å²) in [6.45, 7) is 1.88. The molecule has 19 heavy (non-hydrogen) atoms. The van der Waals surface area contributed by atoms with Crippen LogP contribution in [0.4, 0.5) is 5.69 Å². The van der Waals surface area contributed by atoms with E-state index in [1.54, 1.807) is 0 Å². The number of thioether (sulfide) groups is 1. The summed E-state index contributed by atoms with van der Waals surface area (Å²) in [5.74, 6) is -0.923. The molecule has 1 aliphatic carbocycles. The van der Waals surface area contributed by atoms with Crippen molar-refractivity contribution in [3.63, 3.8) is 0 Å². The van der Waals surface area contributed by atoms with E-state index in [9.17, 15) is 9.90 Å². The maximum absolute atomic E-state index is 11.2. The molecule has 1 aliphatic rings. The number of carboxylic acid groups (broad SMARTS) is 1. The lowest BCUT2D eigenvalue weighted by atomic mass is 9.94. The van der Waals surface area contributed by atoms with E-state index < -0.39 is 5.97 Å². The molecule has 2 N–H and O–H groups in total. The molecule has 1 heterocycles. The van der Waals surface area contributed by atoms with Crippen LogP contribution in [0.15, 0.2) is 12.3 Å². The van der Waals surface area contributed by atoms with Crippen molar-refractivity contribution in [3.8, 4) is 0 Å². The van der Waals surface area contributed by atoms with Crippen molar-refractivity contribution in [2.24, 2.45) is 0 Å². The maximum Gasteiger partial charge on any atom is 0.339 e. The van der Waals surface area contributed by atoms with E-state index >= 15 is 0 Å². The molecule has 1 saturated carbocycles.